The maximum absolute atomic E-state index is 13.9. The average Bonchev–Trinajstić information content (AvgIpc) is 3.03. The minimum absolute atomic E-state index is 0.0293. The Labute approximate surface area is 205 Å². The third-order valence-electron chi connectivity index (χ3n) is 6.82. The van der Waals surface area contributed by atoms with Crippen molar-refractivity contribution in [3.63, 3.8) is 0 Å². The topological polar surface area (TPSA) is 67.9 Å². The Morgan fingerprint density at radius 3 is 2.34 bits per heavy atom. The summed E-state index contributed by atoms with van der Waals surface area (Å²) in [4.78, 5) is 28.7. The maximum atomic E-state index is 13.9. The molecular weight excluding hydrogens is 440 g/mol. The number of allylic oxidation sites excluding steroid dienone is 1. The van der Waals surface area contributed by atoms with Crippen LogP contribution in [-0.2, 0) is 9.59 Å². The van der Waals surface area contributed by atoms with Crippen LogP contribution in [0.1, 0.15) is 42.9 Å². The van der Waals surface area contributed by atoms with Crippen LogP contribution in [0.5, 0.6) is 11.5 Å². The van der Waals surface area contributed by atoms with Gasteiger partial charge in [0, 0.05) is 24.6 Å². The molecule has 1 amide bonds. The number of methoxy groups -OCH3 is 2. The monoisotopic (exact) mass is 468 g/mol. The van der Waals surface area contributed by atoms with Gasteiger partial charge in [0.15, 0.2) is 5.78 Å². The molecule has 1 aliphatic heterocycles. The Hall–Kier alpha value is -4.06. The summed E-state index contributed by atoms with van der Waals surface area (Å²) in [6, 6.07) is 22.7. The molecular formula is C29H28N2O4. The summed E-state index contributed by atoms with van der Waals surface area (Å²) in [7, 11) is 3.25. The predicted octanol–water partition coefficient (Wildman–Crippen LogP) is 5.62. The zero-order valence-corrected chi connectivity index (χ0v) is 20.1. The molecule has 178 valence electrons. The molecule has 35 heavy (non-hydrogen) atoms. The minimum atomic E-state index is -0.557. The molecule has 3 aromatic carbocycles. The van der Waals surface area contributed by atoms with Gasteiger partial charge in [0.25, 0.3) is 0 Å². The summed E-state index contributed by atoms with van der Waals surface area (Å²) in [6.07, 6.45) is 1.03. The second kappa shape index (κ2) is 9.29. The first-order valence-electron chi connectivity index (χ1n) is 11.7. The van der Waals surface area contributed by atoms with Gasteiger partial charge in [-0.05, 0) is 59.9 Å². The van der Waals surface area contributed by atoms with Crippen molar-refractivity contribution in [2.24, 2.45) is 0 Å². The molecule has 1 N–H and O–H groups in total. The largest absolute Gasteiger partial charge is 0.497 e. The fraction of sp³-hybridized carbons (Fsp3) is 0.241. The lowest BCUT2D eigenvalue weighted by molar-refractivity contribution is -0.117. The summed E-state index contributed by atoms with van der Waals surface area (Å²) < 4.78 is 10.8. The second-order valence-corrected chi connectivity index (χ2v) is 8.90. The summed E-state index contributed by atoms with van der Waals surface area (Å²) in [6.45, 7) is 1.54. The van der Waals surface area contributed by atoms with E-state index in [1.54, 1.807) is 26.0 Å². The van der Waals surface area contributed by atoms with Crippen molar-refractivity contribution in [2.45, 2.75) is 31.7 Å². The average molecular weight is 469 g/mol. The standard InChI is InChI=1S/C29H28N2O4/c1-18(32)31-26-10-5-4-9-24(26)30-25-16-21(19-11-13-22(34-2)14-12-19)17-27(33)28(25)29(31)20-7-6-8-23(15-20)35-3/h4-15,21,29-30H,16-17H2,1-3H3. The molecule has 2 unspecified atom stereocenters. The lowest BCUT2D eigenvalue weighted by atomic mass is 9.78. The highest BCUT2D eigenvalue weighted by molar-refractivity contribution is 6.06. The first-order chi connectivity index (χ1) is 17.0. The van der Waals surface area contributed by atoms with Crippen LogP contribution in [0.3, 0.4) is 0 Å². The van der Waals surface area contributed by atoms with Crippen LogP contribution in [0.25, 0.3) is 0 Å². The number of fused-ring (bicyclic) bond motifs is 1. The van der Waals surface area contributed by atoms with Gasteiger partial charge in [0.2, 0.25) is 5.91 Å². The Morgan fingerprint density at radius 2 is 1.63 bits per heavy atom. The minimum Gasteiger partial charge on any atom is -0.497 e. The second-order valence-electron chi connectivity index (χ2n) is 8.90. The number of anilines is 2. The van der Waals surface area contributed by atoms with E-state index in [1.165, 1.54) is 0 Å². The van der Waals surface area contributed by atoms with Crippen molar-refractivity contribution in [1.82, 2.24) is 0 Å². The van der Waals surface area contributed by atoms with E-state index >= 15 is 0 Å². The third kappa shape index (κ3) is 4.16. The van der Waals surface area contributed by atoms with E-state index in [2.05, 4.69) is 5.32 Å². The van der Waals surface area contributed by atoms with Crippen molar-refractivity contribution in [3.8, 4) is 11.5 Å². The third-order valence-corrected chi connectivity index (χ3v) is 6.82. The lowest BCUT2D eigenvalue weighted by Crippen LogP contribution is -2.37. The Bertz CT molecular complexity index is 1310. The number of hydrogen-bond acceptors (Lipinski definition) is 5. The maximum Gasteiger partial charge on any atom is 0.224 e. The molecule has 6 nitrogen and oxygen atoms in total. The molecule has 1 heterocycles. The SMILES string of the molecule is COc1ccc(C2CC(=O)C3=C(C2)Nc2ccccc2N(C(C)=O)C3c2cccc(OC)c2)cc1. The molecule has 2 atom stereocenters. The van der Waals surface area contributed by atoms with E-state index in [0.717, 1.165) is 33.9 Å². The van der Waals surface area contributed by atoms with Crippen molar-refractivity contribution in [3.05, 3.63) is 95.2 Å². The highest BCUT2D eigenvalue weighted by Gasteiger charge is 2.40. The van der Waals surface area contributed by atoms with E-state index in [4.69, 9.17) is 9.47 Å². The molecule has 2 aliphatic rings. The van der Waals surface area contributed by atoms with Crippen LogP contribution in [0.2, 0.25) is 0 Å². The van der Waals surface area contributed by atoms with Crippen molar-refractivity contribution in [2.75, 3.05) is 24.4 Å². The van der Waals surface area contributed by atoms with Crippen molar-refractivity contribution in [1.29, 1.82) is 0 Å². The van der Waals surface area contributed by atoms with Gasteiger partial charge in [-0.2, -0.15) is 0 Å². The Balaban J connectivity index is 1.67. The fourth-order valence-electron chi connectivity index (χ4n) is 5.18. The van der Waals surface area contributed by atoms with Crippen molar-refractivity contribution < 1.29 is 19.1 Å². The molecule has 5 rings (SSSR count). The summed E-state index contributed by atoms with van der Waals surface area (Å²) in [5.74, 6) is 1.39. The number of carbonyl (C=O) groups excluding carboxylic acids is 2. The number of carbonyl (C=O) groups is 2. The number of benzene rings is 3. The number of nitrogens with one attached hydrogen (secondary N) is 1. The number of ketones is 1. The van der Waals surface area contributed by atoms with Crippen LogP contribution in [-0.4, -0.2) is 25.9 Å². The summed E-state index contributed by atoms with van der Waals surface area (Å²) in [5.41, 5.74) is 4.97. The van der Waals surface area contributed by atoms with Gasteiger partial charge >= 0.3 is 0 Å². The van der Waals surface area contributed by atoms with E-state index in [0.29, 0.717) is 24.2 Å². The van der Waals surface area contributed by atoms with Crippen LogP contribution >= 0.6 is 0 Å². The summed E-state index contributed by atoms with van der Waals surface area (Å²) in [5, 5.41) is 3.54. The van der Waals surface area contributed by atoms with E-state index in [9.17, 15) is 9.59 Å². The quantitative estimate of drug-likeness (QED) is 0.538. The number of para-hydroxylation sites is 2. The zero-order valence-electron chi connectivity index (χ0n) is 20.1. The number of hydrogen-bond donors (Lipinski definition) is 1. The van der Waals surface area contributed by atoms with E-state index in [-0.39, 0.29) is 17.6 Å². The first-order valence-corrected chi connectivity index (χ1v) is 11.7. The van der Waals surface area contributed by atoms with Gasteiger partial charge in [0.05, 0.1) is 31.6 Å². The van der Waals surface area contributed by atoms with Crippen molar-refractivity contribution >= 4 is 23.1 Å². The van der Waals surface area contributed by atoms with Gasteiger partial charge in [-0.1, -0.05) is 36.4 Å². The fourth-order valence-corrected chi connectivity index (χ4v) is 5.18. The van der Waals surface area contributed by atoms with Crippen LogP contribution < -0.4 is 19.7 Å². The predicted molar refractivity (Wildman–Crippen MR) is 136 cm³/mol. The van der Waals surface area contributed by atoms with Gasteiger partial charge in [-0.15, -0.1) is 0 Å². The van der Waals surface area contributed by atoms with Crippen LogP contribution in [0, 0.1) is 0 Å². The molecule has 3 aromatic rings. The number of ether oxygens (including phenoxy) is 2. The summed E-state index contributed by atoms with van der Waals surface area (Å²) >= 11 is 0. The first kappa shape index (κ1) is 22.7. The lowest BCUT2D eigenvalue weighted by Gasteiger charge is -2.34. The molecule has 0 saturated heterocycles. The number of rotatable bonds is 4. The van der Waals surface area contributed by atoms with Gasteiger partial charge in [-0.3, -0.25) is 14.5 Å². The number of amides is 1. The number of Topliss-reactive ketones (excluding diaryl/α,β-unsaturated/α-hetero) is 1. The van der Waals surface area contributed by atoms with Gasteiger partial charge in [0.1, 0.15) is 11.5 Å². The van der Waals surface area contributed by atoms with Crippen LogP contribution in [0.15, 0.2) is 84.1 Å². The molecule has 0 spiro atoms. The zero-order chi connectivity index (χ0) is 24.5. The molecule has 0 radical (unpaired) electrons. The molecule has 0 bridgehead atoms. The number of nitrogens with zero attached hydrogens (tertiary/aromatic N) is 1. The highest BCUT2D eigenvalue weighted by atomic mass is 16.5. The normalized spacial score (nSPS) is 19.3. The molecule has 0 aromatic heterocycles. The molecule has 6 heteroatoms. The molecule has 1 aliphatic carbocycles. The smallest absolute Gasteiger partial charge is 0.224 e. The Kier molecular flexibility index (Phi) is 6.03. The van der Waals surface area contributed by atoms with Gasteiger partial charge < -0.3 is 14.8 Å². The molecule has 0 saturated carbocycles. The Morgan fingerprint density at radius 1 is 0.886 bits per heavy atom. The van der Waals surface area contributed by atoms with Gasteiger partial charge in [-0.25, -0.2) is 0 Å². The molecule has 0 fully saturated rings. The van der Waals surface area contributed by atoms with Crippen LogP contribution in [0.4, 0.5) is 11.4 Å². The van der Waals surface area contributed by atoms with E-state index < -0.39 is 6.04 Å². The van der Waals surface area contributed by atoms with E-state index in [1.807, 2.05) is 72.8 Å². The highest BCUT2D eigenvalue weighted by Crippen LogP contribution is 2.47.